The van der Waals surface area contributed by atoms with Crippen molar-refractivity contribution < 1.29 is 4.79 Å². The van der Waals surface area contributed by atoms with E-state index in [9.17, 15) is 4.79 Å². The minimum absolute atomic E-state index is 0.258. The molecule has 1 aliphatic heterocycles. The number of Topliss-reactive ketones (excluding diaryl/α,β-unsaturated/α-hetero) is 1. The molecule has 1 atom stereocenters. The van der Waals surface area contributed by atoms with Crippen molar-refractivity contribution in [2.75, 3.05) is 13.1 Å². The van der Waals surface area contributed by atoms with Crippen molar-refractivity contribution in [1.82, 2.24) is 4.90 Å². The van der Waals surface area contributed by atoms with Crippen molar-refractivity contribution in [2.45, 2.75) is 71.8 Å². The minimum atomic E-state index is 0.258. The van der Waals surface area contributed by atoms with E-state index in [-0.39, 0.29) is 6.04 Å². The Kier molecular flexibility index (Phi) is 4.47. The minimum Gasteiger partial charge on any atom is -0.298 e. The number of likely N-dealkylation sites (tertiary alicyclic amines) is 1. The quantitative estimate of drug-likeness (QED) is 0.663. The zero-order valence-electron chi connectivity index (χ0n) is 12.4. The van der Waals surface area contributed by atoms with E-state index in [1.807, 2.05) is 0 Å². The van der Waals surface area contributed by atoms with Crippen molar-refractivity contribution in [1.29, 1.82) is 0 Å². The fraction of sp³-hybridized carbons (Fsp3) is 0.938. The van der Waals surface area contributed by atoms with Crippen molar-refractivity contribution >= 4 is 5.78 Å². The van der Waals surface area contributed by atoms with Crippen LogP contribution in [-0.2, 0) is 4.79 Å². The molecule has 0 radical (unpaired) electrons. The van der Waals surface area contributed by atoms with Crippen LogP contribution in [0.2, 0.25) is 0 Å². The van der Waals surface area contributed by atoms with Gasteiger partial charge in [0.25, 0.3) is 0 Å². The molecule has 0 aromatic carbocycles. The molecule has 1 saturated heterocycles. The lowest BCUT2D eigenvalue weighted by molar-refractivity contribution is -0.125. The van der Waals surface area contributed by atoms with Crippen LogP contribution in [0, 0.1) is 11.3 Å². The molecule has 2 nitrogen and oxygen atoms in total. The second-order valence-corrected chi connectivity index (χ2v) is 7.26. The molecule has 0 aromatic rings. The summed E-state index contributed by atoms with van der Waals surface area (Å²) < 4.78 is 0. The first-order valence-electron chi connectivity index (χ1n) is 7.75. The summed E-state index contributed by atoms with van der Waals surface area (Å²) in [5, 5.41) is 0. The Labute approximate surface area is 112 Å². The summed E-state index contributed by atoms with van der Waals surface area (Å²) in [5.41, 5.74) is 0.430. The van der Waals surface area contributed by atoms with Gasteiger partial charge in [0.05, 0.1) is 6.04 Å². The number of piperidine rings is 1. The molecular weight excluding hydrogens is 222 g/mol. The van der Waals surface area contributed by atoms with Crippen molar-refractivity contribution in [3.63, 3.8) is 0 Å². The number of hydrogen-bond donors (Lipinski definition) is 0. The van der Waals surface area contributed by atoms with E-state index in [1.165, 1.54) is 25.7 Å². The van der Waals surface area contributed by atoms with Gasteiger partial charge in [0, 0.05) is 6.42 Å². The molecule has 2 heteroatoms. The molecule has 0 aromatic heterocycles. The van der Waals surface area contributed by atoms with Gasteiger partial charge in [-0.3, -0.25) is 9.69 Å². The van der Waals surface area contributed by atoms with Gasteiger partial charge in [-0.25, -0.2) is 0 Å². The van der Waals surface area contributed by atoms with Gasteiger partial charge < -0.3 is 0 Å². The Balaban J connectivity index is 1.90. The number of carbonyl (C=O) groups excluding carboxylic acids is 1. The lowest BCUT2D eigenvalue weighted by atomic mass is 9.75. The van der Waals surface area contributed by atoms with E-state index in [0.717, 1.165) is 38.3 Å². The average molecular weight is 251 g/mol. The summed E-state index contributed by atoms with van der Waals surface area (Å²) in [5.74, 6) is 1.34. The summed E-state index contributed by atoms with van der Waals surface area (Å²) in [6.07, 6.45) is 8.09. The summed E-state index contributed by atoms with van der Waals surface area (Å²) in [6.45, 7) is 9.33. The predicted octanol–water partition coefficient (Wildman–Crippen LogP) is 3.65. The third-order valence-electron chi connectivity index (χ3n) is 4.97. The fourth-order valence-electron chi connectivity index (χ4n) is 3.60. The highest BCUT2D eigenvalue weighted by Crippen LogP contribution is 2.35. The normalized spacial score (nSPS) is 29.3. The molecule has 104 valence electrons. The van der Waals surface area contributed by atoms with Gasteiger partial charge in [0.1, 0.15) is 5.78 Å². The molecule has 1 aliphatic carbocycles. The van der Waals surface area contributed by atoms with E-state index in [4.69, 9.17) is 0 Å². The molecule has 2 aliphatic rings. The maximum atomic E-state index is 12.2. The molecule has 1 heterocycles. The van der Waals surface area contributed by atoms with E-state index < -0.39 is 0 Å². The largest absolute Gasteiger partial charge is 0.298 e. The van der Waals surface area contributed by atoms with E-state index >= 15 is 0 Å². The van der Waals surface area contributed by atoms with Crippen LogP contribution in [0.5, 0.6) is 0 Å². The molecule has 1 unspecified atom stereocenters. The van der Waals surface area contributed by atoms with Gasteiger partial charge in [-0.1, -0.05) is 33.6 Å². The highest BCUT2D eigenvalue weighted by Gasteiger charge is 2.33. The van der Waals surface area contributed by atoms with Crippen LogP contribution in [0.4, 0.5) is 0 Å². The van der Waals surface area contributed by atoms with Crippen LogP contribution >= 0.6 is 0 Å². The number of carbonyl (C=O) groups is 1. The second kappa shape index (κ2) is 5.73. The number of rotatable bonds is 1. The Morgan fingerprint density at radius 1 is 1.00 bits per heavy atom. The molecule has 0 N–H and O–H groups in total. The third kappa shape index (κ3) is 3.34. The van der Waals surface area contributed by atoms with E-state index in [2.05, 4.69) is 25.7 Å². The highest BCUT2D eigenvalue weighted by molar-refractivity contribution is 5.84. The van der Waals surface area contributed by atoms with Gasteiger partial charge in [-0.15, -0.1) is 0 Å². The monoisotopic (exact) mass is 251 g/mol. The van der Waals surface area contributed by atoms with Gasteiger partial charge in [0.15, 0.2) is 0 Å². The molecular formula is C16H29NO. The Morgan fingerprint density at radius 3 is 2.28 bits per heavy atom. The highest BCUT2D eigenvalue weighted by atomic mass is 16.1. The summed E-state index contributed by atoms with van der Waals surface area (Å²) in [6, 6.07) is 0.258. The molecule has 2 rings (SSSR count). The summed E-state index contributed by atoms with van der Waals surface area (Å²) in [7, 11) is 0. The average Bonchev–Trinajstić information content (AvgIpc) is 2.53. The number of ketones is 1. The van der Waals surface area contributed by atoms with Crippen LogP contribution in [0.25, 0.3) is 0 Å². The third-order valence-corrected chi connectivity index (χ3v) is 4.97. The SMILES string of the molecule is CC(C)(C)C1CCN(C2CCCCCC2=O)CC1. The second-order valence-electron chi connectivity index (χ2n) is 7.26. The molecule has 0 spiro atoms. The first-order chi connectivity index (χ1) is 8.48. The van der Waals surface area contributed by atoms with Crippen molar-refractivity contribution in [3.8, 4) is 0 Å². The van der Waals surface area contributed by atoms with Crippen LogP contribution < -0.4 is 0 Å². The number of nitrogens with zero attached hydrogens (tertiary/aromatic N) is 1. The molecule has 2 fully saturated rings. The smallest absolute Gasteiger partial charge is 0.149 e. The van der Waals surface area contributed by atoms with Gasteiger partial charge in [-0.05, 0) is 50.1 Å². The van der Waals surface area contributed by atoms with Gasteiger partial charge >= 0.3 is 0 Å². The molecule has 0 bridgehead atoms. The lowest BCUT2D eigenvalue weighted by Gasteiger charge is -2.41. The van der Waals surface area contributed by atoms with Gasteiger partial charge in [0.2, 0.25) is 0 Å². The Morgan fingerprint density at radius 2 is 1.67 bits per heavy atom. The van der Waals surface area contributed by atoms with Crippen LogP contribution in [0.15, 0.2) is 0 Å². The summed E-state index contributed by atoms with van der Waals surface area (Å²) in [4.78, 5) is 14.6. The topological polar surface area (TPSA) is 20.3 Å². The zero-order chi connectivity index (χ0) is 13.2. The van der Waals surface area contributed by atoms with Crippen LogP contribution in [0.1, 0.15) is 65.7 Å². The predicted molar refractivity (Wildman–Crippen MR) is 75.6 cm³/mol. The Hall–Kier alpha value is -0.370. The Bertz CT molecular complexity index is 284. The first kappa shape index (κ1) is 14.0. The fourth-order valence-corrected chi connectivity index (χ4v) is 3.60. The molecule has 18 heavy (non-hydrogen) atoms. The maximum absolute atomic E-state index is 12.2. The van der Waals surface area contributed by atoms with Gasteiger partial charge in [-0.2, -0.15) is 0 Å². The van der Waals surface area contributed by atoms with Crippen molar-refractivity contribution in [2.24, 2.45) is 11.3 Å². The van der Waals surface area contributed by atoms with Crippen LogP contribution in [0.3, 0.4) is 0 Å². The number of hydrogen-bond acceptors (Lipinski definition) is 2. The standard InChI is InChI=1S/C16H29NO/c1-16(2,3)13-9-11-17(12-10-13)14-7-5-4-6-8-15(14)18/h13-14H,4-12H2,1-3H3. The molecule has 1 saturated carbocycles. The first-order valence-corrected chi connectivity index (χ1v) is 7.75. The van der Waals surface area contributed by atoms with Crippen molar-refractivity contribution in [3.05, 3.63) is 0 Å². The lowest BCUT2D eigenvalue weighted by Crippen LogP contribution is -2.46. The summed E-state index contributed by atoms with van der Waals surface area (Å²) >= 11 is 0. The maximum Gasteiger partial charge on any atom is 0.149 e. The van der Waals surface area contributed by atoms with Crippen LogP contribution in [-0.4, -0.2) is 29.8 Å². The zero-order valence-corrected chi connectivity index (χ0v) is 12.4. The van der Waals surface area contributed by atoms with E-state index in [0.29, 0.717) is 11.2 Å². The molecule has 0 amide bonds. The van der Waals surface area contributed by atoms with E-state index in [1.54, 1.807) is 0 Å².